The van der Waals surface area contributed by atoms with Crippen LogP contribution in [-0.4, -0.2) is 24.5 Å². The maximum absolute atomic E-state index is 12.3. The molecule has 0 spiro atoms. The normalized spacial score (nSPS) is 35.4. The Bertz CT molecular complexity index is 301. The summed E-state index contributed by atoms with van der Waals surface area (Å²) in [6, 6.07) is 0.411. The average Bonchev–Trinajstić information content (AvgIpc) is 2.69. The lowest BCUT2D eigenvalue weighted by Crippen LogP contribution is -2.53. The summed E-state index contributed by atoms with van der Waals surface area (Å²) in [5.74, 6) is 0.951. The van der Waals surface area contributed by atoms with Crippen LogP contribution in [0.25, 0.3) is 0 Å². The average molecular weight is 252 g/mol. The Morgan fingerprint density at radius 3 is 2.78 bits per heavy atom. The van der Waals surface area contributed by atoms with Crippen molar-refractivity contribution in [2.75, 3.05) is 6.54 Å². The van der Waals surface area contributed by atoms with Gasteiger partial charge in [-0.05, 0) is 43.6 Å². The molecule has 3 unspecified atom stereocenters. The van der Waals surface area contributed by atoms with E-state index in [4.69, 9.17) is 0 Å². The van der Waals surface area contributed by atoms with E-state index >= 15 is 0 Å². The summed E-state index contributed by atoms with van der Waals surface area (Å²) in [5, 5.41) is 6.65. The molecule has 1 saturated heterocycles. The van der Waals surface area contributed by atoms with Crippen molar-refractivity contribution in [2.45, 2.75) is 71.4 Å². The Kier molecular flexibility index (Phi) is 4.31. The molecule has 0 aromatic heterocycles. The first kappa shape index (κ1) is 13.9. The maximum Gasteiger partial charge on any atom is 0.237 e. The van der Waals surface area contributed by atoms with Crippen LogP contribution in [0.5, 0.6) is 0 Å². The molecule has 3 heteroatoms. The lowest BCUT2D eigenvalue weighted by atomic mass is 9.86. The minimum absolute atomic E-state index is 0.0418. The van der Waals surface area contributed by atoms with Crippen molar-refractivity contribution in [3.8, 4) is 0 Å². The fraction of sp³-hybridized carbons (Fsp3) is 0.933. The van der Waals surface area contributed by atoms with Gasteiger partial charge < -0.3 is 10.6 Å². The van der Waals surface area contributed by atoms with E-state index in [1.165, 1.54) is 25.7 Å². The molecule has 2 N–H and O–H groups in total. The lowest BCUT2D eigenvalue weighted by Gasteiger charge is -2.33. The lowest BCUT2D eigenvalue weighted by molar-refractivity contribution is -0.125. The fourth-order valence-electron chi connectivity index (χ4n) is 3.43. The van der Waals surface area contributed by atoms with Gasteiger partial charge in [0.2, 0.25) is 5.91 Å². The summed E-state index contributed by atoms with van der Waals surface area (Å²) >= 11 is 0. The summed E-state index contributed by atoms with van der Waals surface area (Å²) < 4.78 is 0. The van der Waals surface area contributed by atoms with Gasteiger partial charge in [-0.1, -0.05) is 33.6 Å². The Labute approximate surface area is 111 Å². The third-order valence-corrected chi connectivity index (χ3v) is 4.98. The second kappa shape index (κ2) is 5.60. The molecule has 1 aliphatic heterocycles. The number of amides is 1. The van der Waals surface area contributed by atoms with Crippen LogP contribution in [0.1, 0.15) is 59.3 Å². The standard InChI is InChI=1S/C15H28N2O/c1-4-11-7-9-16-12(10-11)14(18)17-13-6-5-8-15(13,2)3/h11-13,16H,4-10H2,1-3H3,(H,17,18). The van der Waals surface area contributed by atoms with E-state index in [2.05, 4.69) is 31.4 Å². The summed E-state index contributed by atoms with van der Waals surface area (Å²) in [5.41, 5.74) is 0.272. The van der Waals surface area contributed by atoms with E-state index in [1.54, 1.807) is 0 Å². The van der Waals surface area contributed by atoms with Gasteiger partial charge in [-0.15, -0.1) is 0 Å². The monoisotopic (exact) mass is 252 g/mol. The molecule has 18 heavy (non-hydrogen) atoms. The molecule has 3 atom stereocenters. The molecule has 1 saturated carbocycles. The largest absolute Gasteiger partial charge is 0.351 e. The highest BCUT2D eigenvalue weighted by Crippen LogP contribution is 2.37. The number of piperidine rings is 1. The molecule has 2 rings (SSSR count). The summed E-state index contributed by atoms with van der Waals surface area (Å²) in [6.45, 7) is 7.76. The fourth-order valence-corrected chi connectivity index (χ4v) is 3.43. The number of carbonyl (C=O) groups excluding carboxylic acids is 1. The van der Waals surface area contributed by atoms with Gasteiger partial charge >= 0.3 is 0 Å². The van der Waals surface area contributed by atoms with Crippen LogP contribution >= 0.6 is 0 Å². The highest BCUT2D eigenvalue weighted by atomic mass is 16.2. The van der Waals surface area contributed by atoms with Crippen LogP contribution in [0.2, 0.25) is 0 Å². The molecule has 3 nitrogen and oxygen atoms in total. The van der Waals surface area contributed by atoms with Gasteiger partial charge in [-0.2, -0.15) is 0 Å². The molecule has 0 bridgehead atoms. The maximum atomic E-state index is 12.3. The van der Waals surface area contributed by atoms with Crippen molar-refractivity contribution in [1.82, 2.24) is 10.6 Å². The van der Waals surface area contributed by atoms with Crippen molar-refractivity contribution in [2.24, 2.45) is 11.3 Å². The van der Waals surface area contributed by atoms with Gasteiger partial charge in [-0.25, -0.2) is 0 Å². The Morgan fingerprint density at radius 2 is 2.17 bits per heavy atom. The molecular weight excluding hydrogens is 224 g/mol. The molecule has 0 radical (unpaired) electrons. The van der Waals surface area contributed by atoms with Crippen molar-refractivity contribution in [3.05, 3.63) is 0 Å². The van der Waals surface area contributed by atoms with Gasteiger partial charge in [0.15, 0.2) is 0 Å². The second-order valence-electron chi connectivity index (χ2n) is 6.75. The first-order valence-electron chi connectivity index (χ1n) is 7.56. The molecule has 0 aromatic rings. The van der Waals surface area contributed by atoms with E-state index in [0.717, 1.165) is 25.3 Å². The van der Waals surface area contributed by atoms with Crippen molar-refractivity contribution in [3.63, 3.8) is 0 Å². The molecule has 0 aromatic carbocycles. The van der Waals surface area contributed by atoms with Crippen LogP contribution in [0.4, 0.5) is 0 Å². The summed E-state index contributed by atoms with van der Waals surface area (Å²) in [4.78, 5) is 12.3. The summed E-state index contributed by atoms with van der Waals surface area (Å²) in [7, 11) is 0. The Morgan fingerprint density at radius 1 is 1.39 bits per heavy atom. The van der Waals surface area contributed by atoms with Crippen LogP contribution < -0.4 is 10.6 Å². The molecule has 1 amide bonds. The molecular formula is C15H28N2O. The van der Waals surface area contributed by atoms with E-state index in [9.17, 15) is 4.79 Å². The van der Waals surface area contributed by atoms with Crippen LogP contribution in [0.15, 0.2) is 0 Å². The molecule has 1 aliphatic carbocycles. The van der Waals surface area contributed by atoms with Crippen molar-refractivity contribution in [1.29, 1.82) is 0 Å². The zero-order chi connectivity index (χ0) is 13.2. The predicted octanol–water partition coefficient (Wildman–Crippen LogP) is 2.46. The third kappa shape index (κ3) is 3.05. The number of carbonyl (C=O) groups is 1. The minimum Gasteiger partial charge on any atom is -0.351 e. The van der Waals surface area contributed by atoms with E-state index in [1.807, 2.05) is 0 Å². The van der Waals surface area contributed by atoms with Gasteiger partial charge in [0.25, 0.3) is 0 Å². The predicted molar refractivity (Wildman–Crippen MR) is 74.4 cm³/mol. The topological polar surface area (TPSA) is 41.1 Å². The van der Waals surface area contributed by atoms with E-state index < -0.39 is 0 Å². The quantitative estimate of drug-likeness (QED) is 0.810. The van der Waals surface area contributed by atoms with Gasteiger partial charge in [0.1, 0.15) is 0 Å². The minimum atomic E-state index is 0.0418. The van der Waals surface area contributed by atoms with E-state index in [0.29, 0.717) is 6.04 Å². The Balaban J connectivity index is 1.87. The first-order valence-corrected chi connectivity index (χ1v) is 7.56. The molecule has 2 fully saturated rings. The van der Waals surface area contributed by atoms with E-state index in [-0.39, 0.29) is 17.4 Å². The first-order chi connectivity index (χ1) is 8.53. The van der Waals surface area contributed by atoms with Crippen LogP contribution in [0, 0.1) is 11.3 Å². The number of rotatable bonds is 3. The molecule has 2 aliphatic rings. The number of hydrogen-bond donors (Lipinski definition) is 2. The van der Waals surface area contributed by atoms with Crippen molar-refractivity contribution < 1.29 is 4.79 Å². The van der Waals surface area contributed by atoms with Gasteiger partial charge in [0.05, 0.1) is 6.04 Å². The number of nitrogens with one attached hydrogen (secondary N) is 2. The third-order valence-electron chi connectivity index (χ3n) is 4.98. The van der Waals surface area contributed by atoms with Crippen LogP contribution in [-0.2, 0) is 4.79 Å². The molecule has 104 valence electrons. The van der Waals surface area contributed by atoms with Gasteiger partial charge in [-0.3, -0.25) is 4.79 Å². The number of hydrogen-bond acceptors (Lipinski definition) is 2. The zero-order valence-electron chi connectivity index (χ0n) is 12.1. The highest BCUT2D eigenvalue weighted by Gasteiger charge is 2.37. The van der Waals surface area contributed by atoms with Gasteiger partial charge in [0, 0.05) is 6.04 Å². The Hall–Kier alpha value is -0.570. The van der Waals surface area contributed by atoms with Crippen molar-refractivity contribution >= 4 is 5.91 Å². The highest BCUT2D eigenvalue weighted by molar-refractivity contribution is 5.82. The zero-order valence-corrected chi connectivity index (χ0v) is 12.1. The summed E-state index contributed by atoms with van der Waals surface area (Å²) in [6.07, 6.45) is 7.04. The SMILES string of the molecule is CCC1CCNC(C(=O)NC2CCCC2(C)C)C1. The second-order valence-corrected chi connectivity index (χ2v) is 6.75. The van der Waals surface area contributed by atoms with Crippen LogP contribution in [0.3, 0.4) is 0 Å². The molecule has 1 heterocycles. The smallest absolute Gasteiger partial charge is 0.237 e.